The van der Waals surface area contributed by atoms with Crippen LogP contribution in [0, 0.1) is 5.92 Å². The molecule has 0 fully saturated rings. The molecule has 1 aromatic rings. The predicted octanol–water partition coefficient (Wildman–Crippen LogP) is 1.24. The number of ether oxygens (including phenoxy) is 1. The lowest BCUT2D eigenvalue weighted by Gasteiger charge is -2.29. The summed E-state index contributed by atoms with van der Waals surface area (Å²) >= 11 is 0. The highest BCUT2D eigenvalue weighted by Crippen LogP contribution is 2.21. The topological polar surface area (TPSA) is 110 Å². The summed E-state index contributed by atoms with van der Waals surface area (Å²) in [5.41, 5.74) is 1.81. The van der Waals surface area contributed by atoms with Crippen molar-refractivity contribution < 1.29 is 30.3 Å². The third-order valence-electron chi connectivity index (χ3n) is 4.00. The molecule has 144 valence electrons. The molecule has 0 saturated carbocycles. The largest absolute Gasteiger partial charge is 0.462 e. The number of aliphatic hydroxyl groups is 5. The maximum absolute atomic E-state index is 9.94. The van der Waals surface area contributed by atoms with Gasteiger partial charge in [-0.25, -0.2) is 0 Å². The van der Waals surface area contributed by atoms with Crippen LogP contribution in [0.5, 0.6) is 5.75 Å². The van der Waals surface area contributed by atoms with E-state index in [1.54, 1.807) is 30.3 Å². The zero-order valence-electron chi connectivity index (χ0n) is 15.1. The van der Waals surface area contributed by atoms with Crippen LogP contribution in [0.1, 0.15) is 19.4 Å². The van der Waals surface area contributed by atoms with Crippen molar-refractivity contribution in [3.63, 3.8) is 0 Å². The van der Waals surface area contributed by atoms with Crippen molar-refractivity contribution in [3.8, 4) is 5.75 Å². The molecule has 0 aliphatic heterocycles. The summed E-state index contributed by atoms with van der Waals surface area (Å²) in [6.07, 6.45) is 0.865. The van der Waals surface area contributed by atoms with Crippen LogP contribution in [-0.2, 0) is 0 Å². The van der Waals surface area contributed by atoms with Crippen LogP contribution in [0.2, 0.25) is 0 Å². The summed E-state index contributed by atoms with van der Waals surface area (Å²) in [5.74, 6) is -0.376. The van der Waals surface area contributed by atoms with Crippen molar-refractivity contribution in [1.82, 2.24) is 0 Å². The first-order valence-corrected chi connectivity index (χ1v) is 8.41. The molecule has 1 rings (SSSR count). The first-order chi connectivity index (χ1) is 12.3. The Kier molecular flexibility index (Phi) is 9.26. The number of rotatable bonds is 10. The van der Waals surface area contributed by atoms with Crippen molar-refractivity contribution in [2.45, 2.75) is 38.4 Å². The number of hydrogen-bond donors (Lipinski definition) is 5. The molecule has 0 aromatic heterocycles. The summed E-state index contributed by atoms with van der Waals surface area (Å²) in [6.45, 7) is 6.82. The van der Waals surface area contributed by atoms with Crippen LogP contribution in [-0.4, -0.2) is 56.7 Å². The van der Waals surface area contributed by atoms with E-state index in [0.717, 1.165) is 11.1 Å². The van der Waals surface area contributed by atoms with Crippen molar-refractivity contribution in [1.29, 1.82) is 0 Å². The Morgan fingerprint density at radius 2 is 1.69 bits per heavy atom. The zero-order chi connectivity index (χ0) is 19.7. The molecule has 5 atom stereocenters. The molecule has 0 bridgehead atoms. The Hall–Kier alpha value is -1.96. The molecule has 0 spiro atoms. The molecule has 0 aliphatic rings. The molecule has 5 unspecified atom stereocenters. The monoisotopic (exact) mass is 364 g/mol. The van der Waals surface area contributed by atoms with Gasteiger partial charge in [0, 0.05) is 12.5 Å². The molecule has 6 nitrogen and oxygen atoms in total. The lowest BCUT2D eigenvalue weighted by Crippen LogP contribution is -2.49. The van der Waals surface area contributed by atoms with Gasteiger partial charge < -0.3 is 30.3 Å². The van der Waals surface area contributed by atoms with Gasteiger partial charge in [-0.3, -0.25) is 0 Å². The molecule has 0 heterocycles. The highest BCUT2D eigenvalue weighted by molar-refractivity contribution is 5.74. The minimum Gasteiger partial charge on any atom is -0.462 e. The summed E-state index contributed by atoms with van der Waals surface area (Å²) in [6, 6.07) is 6.75. The van der Waals surface area contributed by atoms with Gasteiger partial charge in [0.25, 0.3) is 0 Å². The van der Waals surface area contributed by atoms with E-state index >= 15 is 0 Å². The number of aliphatic hydroxyl groups excluding tert-OH is 5. The number of allylic oxidation sites excluding steroid dienone is 5. The zero-order valence-corrected chi connectivity index (χ0v) is 15.1. The molecule has 6 heteroatoms. The van der Waals surface area contributed by atoms with Crippen molar-refractivity contribution >= 4 is 5.57 Å². The number of hydrogen-bond acceptors (Lipinski definition) is 6. The summed E-state index contributed by atoms with van der Waals surface area (Å²) in [7, 11) is 0. The molecule has 0 aliphatic carbocycles. The second kappa shape index (κ2) is 10.9. The van der Waals surface area contributed by atoms with Gasteiger partial charge in [0.2, 0.25) is 6.29 Å². The lowest BCUT2D eigenvalue weighted by atomic mass is 9.97. The van der Waals surface area contributed by atoms with E-state index in [4.69, 9.17) is 9.84 Å². The highest BCUT2D eigenvalue weighted by Gasteiger charge is 2.34. The van der Waals surface area contributed by atoms with E-state index in [-0.39, 0.29) is 12.4 Å². The second-order valence-corrected chi connectivity index (χ2v) is 6.02. The van der Waals surface area contributed by atoms with Crippen molar-refractivity contribution in [2.75, 3.05) is 6.61 Å². The smallest absolute Gasteiger partial charge is 0.226 e. The molecule has 5 N–H and O–H groups in total. The lowest BCUT2D eigenvalue weighted by molar-refractivity contribution is -0.172. The van der Waals surface area contributed by atoms with E-state index < -0.39 is 30.5 Å². The predicted molar refractivity (Wildman–Crippen MR) is 100 cm³/mol. The van der Waals surface area contributed by atoms with Gasteiger partial charge in [-0.05, 0) is 30.2 Å². The molecule has 0 saturated heterocycles. The molecule has 1 aromatic carbocycles. The Bertz CT molecular complexity index is 607. The van der Waals surface area contributed by atoms with Gasteiger partial charge in [-0.2, -0.15) is 0 Å². The normalized spacial score (nSPS) is 18.2. The molecule has 0 radical (unpaired) electrons. The van der Waals surface area contributed by atoms with E-state index in [1.807, 2.05) is 25.2 Å². The minimum absolute atomic E-state index is 0.284. The van der Waals surface area contributed by atoms with E-state index in [9.17, 15) is 20.4 Å². The van der Waals surface area contributed by atoms with Crippen LogP contribution in [0.15, 0.2) is 55.1 Å². The molecular weight excluding hydrogens is 336 g/mol. The maximum atomic E-state index is 9.94. The van der Waals surface area contributed by atoms with Crippen molar-refractivity contribution in [3.05, 3.63) is 60.7 Å². The fraction of sp³-hybridized carbons (Fsp3) is 0.400. The molecule has 0 amide bonds. The van der Waals surface area contributed by atoms with Gasteiger partial charge in [-0.1, -0.05) is 49.9 Å². The summed E-state index contributed by atoms with van der Waals surface area (Å²) < 4.78 is 5.22. The van der Waals surface area contributed by atoms with Gasteiger partial charge in [0.1, 0.15) is 18.0 Å². The van der Waals surface area contributed by atoms with Crippen LogP contribution in [0.3, 0.4) is 0 Å². The van der Waals surface area contributed by atoms with Crippen LogP contribution in [0.4, 0.5) is 0 Å². The highest BCUT2D eigenvalue weighted by atomic mass is 16.6. The van der Waals surface area contributed by atoms with Gasteiger partial charge >= 0.3 is 0 Å². The summed E-state index contributed by atoms with van der Waals surface area (Å²) in [5, 5.41) is 48.6. The average Bonchev–Trinajstić information content (AvgIpc) is 2.67. The van der Waals surface area contributed by atoms with Crippen LogP contribution >= 0.6 is 0 Å². The Morgan fingerprint density at radius 1 is 1.08 bits per heavy atom. The third kappa shape index (κ3) is 6.09. The second-order valence-electron chi connectivity index (χ2n) is 6.02. The molecule has 26 heavy (non-hydrogen) atoms. The molecular formula is C20H28O6. The fourth-order valence-corrected chi connectivity index (χ4v) is 2.23. The first kappa shape index (κ1) is 22.1. The maximum Gasteiger partial charge on any atom is 0.226 e. The first-order valence-electron chi connectivity index (χ1n) is 8.41. The fourth-order valence-electron chi connectivity index (χ4n) is 2.23. The quantitative estimate of drug-likeness (QED) is 0.316. The Labute approximate surface area is 154 Å². The van der Waals surface area contributed by atoms with Gasteiger partial charge in [-0.15, -0.1) is 0 Å². The summed E-state index contributed by atoms with van der Waals surface area (Å²) in [4.78, 5) is 0. The van der Waals surface area contributed by atoms with E-state index in [2.05, 4.69) is 6.58 Å². The Balaban J connectivity index is 2.78. The SMILES string of the molecule is C=C/C(=C\C=C/C)c1ccc(OC(O)C(O)C(O)C(O)C(C)CO)cc1. The number of benzene rings is 1. The van der Waals surface area contributed by atoms with E-state index in [0.29, 0.717) is 0 Å². The van der Waals surface area contributed by atoms with Crippen molar-refractivity contribution in [2.24, 2.45) is 5.92 Å². The van der Waals surface area contributed by atoms with Gasteiger partial charge in [0.15, 0.2) is 0 Å². The Morgan fingerprint density at radius 3 is 2.19 bits per heavy atom. The van der Waals surface area contributed by atoms with Crippen LogP contribution < -0.4 is 4.74 Å². The standard InChI is InChI=1S/C20H28O6/c1-4-6-7-14(5-2)15-8-10-16(11-9-15)26-20(25)19(24)18(23)17(22)13(3)12-21/h4-11,13,17-25H,2,12H2,1,3H3/b6-4-,14-7+. The van der Waals surface area contributed by atoms with E-state index in [1.165, 1.54) is 6.92 Å². The van der Waals surface area contributed by atoms with Crippen LogP contribution in [0.25, 0.3) is 5.57 Å². The average molecular weight is 364 g/mol. The third-order valence-corrected chi connectivity index (χ3v) is 4.00. The minimum atomic E-state index is -1.74. The van der Waals surface area contributed by atoms with Gasteiger partial charge in [0.05, 0.1) is 6.10 Å².